The Morgan fingerprint density at radius 1 is 1.23 bits per heavy atom. The maximum atomic E-state index is 12.3. The number of benzene rings is 1. The molecule has 3 amide bonds. The largest absolute Gasteiger partial charge is 0.450 e. The molecule has 8 nitrogen and oxygen atoms in total. The summed E-state index contributed by atoms with van der Waals surface area (Å²) in [5.74, 6) is -1.50. The Morgan fingerprint density at radius 3 is 2.73 bits per heavy atom. The van der Waals surface area contributed by atoms with Crippen LogP contribution in [0.3, 0.4) is 0 Å². The Hall–Kier alpha value is -2.87. The van der Waals surface area contributed by atoms with E-state index in [1.165, 1.54) is 0 Å². The van der Waals surface area contributed by atoms with Crippen molar-refractivity contribution >= 4 is 28.9 Å². The van der Waals surface area contributed by atoms with Crippen molar-refractivity contribution in [3.8, 4) is 0 Å². The lowest BCUT2D eigenvalue weighted by atomic mass is 10.1. The zero-order chi connectivity index (χ0) is 18.5. The number of carbonyl (C=O) groups excluding carboxylic acids is 3. The van der Waals surface area contributed by atoms with Crippen LogP contribution in [0.4, 0.5) is 4.79 Å². The number of furan rings is 1. The van der Waals surface area contributed by atoms with Crippen LogP contribution in [0, 0.1) is 0 Å². The summed E-state index contributed by atoms with van der Waals surface area (Å²) < 4.78 is 15.9. The monoisotopic (exact) mass is 360 g/mol. The molecule has 1 fully saturated rings. The van der Waals surface area contributed by atoms with Gasteiger partial charge in [-0.1, -0.05) is 18.2 Å². The van der Waals surface area contributed by atoms with Crippen molar-refractivity contribution in [1.29, 1.82) is 0 Å². The first-order chi connectivity index (χ1) is 12.6. The summed E-state index contributed by atoms with van der Waals surface area (Å²) in [7, 11) is 0. The third-order valence-corrected chi connectivity index (χ3v) is 3.83. The number of hydrogen-bond donors (Lipinski definition) is 2. The number of esters is 1. The second kappa shape index (κ2) is 8.01. The molecule has 1 heterocycles. The van der Waals surface area contributed by atoms with Gasteiger partial charge in [-0.2, -0.15) is 0 Å². The molecule has 0 unspecified atom stereocenters. The number of rotatable bonds is 7. The second-order valence-corrected chi connectivity index (χ2v) is 5.92. The fraction of sp³-hybridized carbons (Fsp3) is 0.389. The highest BCUT2D eigenvalue weighted by Crippen LogP contribution is 2.27. The molecule has 3 rings (SSSR count). The van der Waals surface area contributed by atoms with Gasteiger partial charge in [0.15, 0.2) is 6.61 Å². The third kappa shape index (κ3) is 4.40. The predicted octanol–water partition coefficient (Wildman–Crippen LogP) is 2.11. The first-order valence-corrected chi connectivity index (χ1v) is 8.44. The average Bonchev–Trinajstić information content (AvgIpc) is 3.35. The number of carbonyl (C=O) groups is 3. The smallest absolute Gasteiger partial charge is 0.375 e. The fourth-order valence-corrected chi connectivity index (χ4v) is 2.42. The Kier molecular flexibility index (Phi) is 5.52. The van der Waals surface area contributed by atoms with E-state index in [2.05, 4.69) is 10.6 Å². The van der Waals surface area contributed by atoms with E-state index in [1.54, 1.807) is 12.1 Å². The molecule has 0 aliphatic heterocycles. The first-order valence-electron chi connectivity index (χ1n) is 8.44. The van der Waals surface area contributed by atoms with Crippen molar-refractivity contribution < 1.29 is 28.3 Å². The molecule has 1 aliphatic rings. The molecule has 0 radical (unpaired) electrons. The fourth-order valence-electron chi connectivity index (χ4n) is 2.42. The molecule has 0 saturated heterocycles. The van der Waals surface area contributed by atoms with Gasteiger partial charge in [-0.3, -0.25) is 10.1 Å². The van der Waals surface area contributed by atoms with Gasteiger partial charge in [0, 0.05) is 23.6 Å². The highest BCUT2D eigenvalue weighted by atomic mass is 16.5. The zero-order valence-corrected chi connectivity index (χ0v) is 14.4. The average molecular weight is 360 g/mol. The van der Waals surface area contributed by atoms with E-state index < -0.39 is 24.5 Å². The van der Waals surface area contributed by atoms with E-state index in [-0.39, 0.29) is 18.4 Å². The quantitative estimate of drug-likeness (QED) is 0.733. The number of nitrogens with one attached hydrogen (secondary N) is 2. The topological polar surface area (TPSA) is 107 Å². The van der Waals surface area contributed by atoms with Gasteiger partial charge in [-0.25, -0.2) is 9.59 Å². The summed E-state index contributed by atoms with van der Waals surface area (Å²) in [5, 5.41) is 5.47. The molecule has 26 heavy (non-hydrogen) atoms. The molecular weight excluding hydrogens is 340 g/mol. The summed E-state index contributed by atoms with van der Waals surface area (Å²) in [6.45, 7) is 1.93. The Bertz CT molecular complexity index is 824. The summed E-state index contributed by atoms with van der Waals surface area (Å²) in [4.78, 5) is 35.5. The highest BCUT2D eigenvalue weighted by Gasteiger charge is 2.25. The van der Waals surface area contributed by atoms with Crippen LogP contribution in [0.15, 0.2) is 28.7 Å². The number of amides is 3. The Morgan fingerprint density at radius 2 is 2.00 bits per heavy atom. The van der Waals surface area contributed by atoms with Gasteiger partial charge in [0.05, 0.1) is 6.61 Å². The molecule has 2 aromatic rings. The van der Waals surface area contributed by atoms with Crippen LogP contribution in [0.1, 0.15) is 35.9 Å². The lowest BCUT2D eigenvalue weighted by Gasteiger charge is -2.07. The number of urea groups is 1. The van der Waals surface area contributed by atoms with Gasteiger partial charge in [-0.05, 0) is 25.8 Å². The van der Waals surface area contributed by atoms with Crippen LogP contribution in [0.5, 0.6) is 0 Å². The lowest BCUT2D eigenvalue weighted by molar-refractivity contribution is -0.123. The van der Waals surface area contributed by atoms with Gasteiger partial charge < -0.3 is 19.2 Å². The number of imide groups is 1. The molecule has 138 valence electrons. The summed E-state index contributed by atoms with van der Waals surface area (Å²) >= 11 is 0. The van der Waals surface area contributed by atoms with Gasteiger partial charge in [0.2, 0.25) is 5.76 Å². The molecule has 2 N–H and O–H groups in total. The molecule has 1 aromatic heterocycles. The number of ether oxygens (including phenoxy) is 2. The van der Waals surface area contributed by atoms with Crippen molar-refractivity contribution in [1.82, 2.24) is 10.6 Å². The van der Waals surface area contributed by atoms with E-state index in [0.717, 1.165) is 18.2 Å². The summed E-state index contributed by atoms with van der Waals surface area (Å²) in [6.07, 6.45) is 1.82. The maximum absolute atomic E-state index is 12.3. The molecule has 0 spiro atoms. The molecular formula is C18H20N2O6. The molecule has 1 aromatic carbocycles. The minimum atomic E-state index is -0.784. The maximum Gasteiger partial charge on any atom is 0.375 e. The first kappa shape index (κ1) is 17.9. The standard InChI is InChI=1S/C18H20N2O6/c1-2-24-9-13-12-5-3-4-6-14(12)26-16(13)17(22)25-10-15(21)20-18(23)19-11-7-8-11/h3-6,11H,2,7-10H2,1H3,(H2,19,20,21,23). The minimum Gasteiger partial charge on any atom is -0.450 e. The normalized spacial score (nSPS) is 13.4. The molecule has 0 atom stereocenters. The van der Waals surface area contributed by atoms with E-state index >= 15 is 0 Å². The van der Waals surface area contributed by atoms with Crippen LogP contribution in [0.2, 0.25) is 0 Å². The minimum absolute atomic E-state index is 0.00474. The molecule has 0 bridgehead atoms. The zero-order valence-electron chi connectivity index (χ0n) is 14.4. The molecule has 1 aliphatic carbocycles. The molecule has 8 heteroatoms. The van der Waals surface area contributed by atoms with Gasteiger partial charge in [-0.15, -0.1) is 0 Å². The van der Waals surface area contributed by atoms with E-state index in [1.807, 2.05) is 19.1 Å². The van der Waals surface area contributed by atoms with Gasteiger partial charge >= 0.3 is 12.0 Å². The Labute approximate surface area is 149 Å². The van der Waals surface area contributed by atoms with Crippen LogP contribution in [-0.4, -0.2) is 37.2 Å². The van der Waals surface area contributed by atoms with E-state index in [9.17, 15) is 14.4 Å². The number of hydrogen-bond acceptors (Lipinski definition) is 6. The van der Waals surface area contributed by atoms with Crippen LogP contribution in [0.25, 0.3) is 11.0 Å². The van der Waals surface area contributed by atoms with Crippen LogP contribution >= 0.6 is 0 Å². The van der Waals surface area contributed by atoms with Crippen LogP contribution < -0.4 is 10.6 Å². The van der Waals surface area contributed by atoms with E-state index in [0.29, 0.717) is 17.8 Å². The van der Waals surface area contributed by atoms with Crippen molar-refractivity contribution in [3.63, 3.8) is 0 Å². The van der Waals surface area contributed by atoms with E-state index in [4.69, 9.17) is 13.9 Å². The predicted molar refractivity (Wildman–Crippen MR) is 91.5 cm³/mol. The van der Waals surface area contributed by atoms with Crippen molar-refractivity contribution in [2.75, 3.05) is 13.2 Å². The van der Waals surface area contributed by atoms with Gasteiger partial charge in [0.1, 0.15) is 5.58 Å². The number of para-hydroxylation sites is 1. The summed E-state index contributed by atoms with van der Waals surface area (Å²) in [6, 6.07) is 6.71. The summed E-state index contributed by atoms with van der Waals surface area (Å²) in [5.41, 5.74) is 1.10. The second-order valence-electron chi connectivity index (χ2n) is 5.92. The highest BCUT2D eigenvalue weighted by molar-refractivity contribution is 5.99. The van der Waals surface area contributed by atoms with Crippen molar-refractivity contribution in [3.05, 3.63) is 35.6 Å². The number of fused-ring (bicyclic) bond motifs is 1. The van der Waals surface area contributed by atoms with Crippen molar-refractivity contribution in [2.45, 2.75) is 32.4 Å². The van der Waals surface area contributed by atoms with Crippen LogP contribution in [-0.2, 0) is 20.9 Å². The molecule has 1 saturated carbocycles. The SMILES string of the molecule is CCOCc1c(C(=O)OCC(=O)NC(=O)NC2CC2)oc2ccccc12. The lowest BCUT2D eigenvalue weighted by Crippen LogP contribution is -2.42. The Balaban J connectivity index is 1.63. The van der Waals surface area contributed by atoms with Gasteiger partial charge in [0.25, 0.3) is 5.91 Å². The third-order valence-electron chi connectivity index (χ3n) is 3.83. The van der Waals surface area contributed by atoms with Crippen molar-refractivity contribution in [2.24, 2.45) is 0 Å².